The number of anilines is 2. The van der Waals surface area contributed by atoms with Crippen molar-refractivity contribution in [1.82, 2.24) is 15.2 Å². The highest BCUT2D eigenvalue weighted by Gasteiger charge is 2.25. The van der Waals surface area contributed by atoms with Crippen LogP contribution in [-0.4, -0.2) is 42.0 Å². The molecule has 164 valence electrons. The number of thioether (sulfide) groups is 1. The molecule has 2 aliphatic heterocycles. The van der Waals surface area contributed by atoms with Crippen molar-refractivity contribution in [2.24, 2.45) is 0 Å². The number of para-hydroxylation sites is 2. The summed E-state index contributed by atoms with van der Waals surface area (Å²) in [6.45, 7) is 4.76. The van der Waals surface area contributed by atoms with Gasteiger partial charge in [0.25, 0.3) is 5.91 Å². The summed E-state index contributed by atoms with van der Waals surface area (Å²) in [6, 6.07) is 16.3. The van der Waals surface area contributed by atoms with E-state index in [0.29, 0.717) is 5.70 Å². The average molecular weight is 464 g/mol. The molecule has 0 bridgehead atoms. The van der Waals surface area contributed by atoms with E-state index in [4.69, 9.17) is 0 Å². The maximum absolute atomic E-state index is 12.9. The molecule has 0 radical (unpaired) electrons. The van der Waals surface area contributed by atoms with Gasteiger partial charge in [-0.1, -0.05) is 18.2 Å². The minimum Gasteiger partial charge on any atom is -0.367 e. The lowest BCUT2D eigenvalue weighted by molar-refractivity contribution is -0.113. The van der Waals surface area contributed by atoms with E-state index in [2.05, 4.69) is 55.1 Å². The summed E-state index contributed by atoms with van der Waals surface area (Å²) in [5.74, 6) is -0.0969. The number of nitrogens with one attached hydrogen (secondary N) is 2. The van der Waals surface area contributed by atoms with Crippen molar-refractivity contribution >= 4 is 40.4 Å². The summed E-state index contributed by atoms with van der Waals surface area (Å²) >= 11 is 3.33. The molecule has 1 aromatic carbocycles. The number of pyridine rings is 1. The first-order valence-electron chi connectivity index (χ1n) is 10.7. The smallest absolute Gasteiger partial charge is 0.272 e. The number of benzene rings is 1. The molecule has 4 heterocycles. The number of nitrogens with zero attached hydrogens (tertiary/aromatic N) is 3. The summed E-state index contributed by atoms with van der Waals surface area (Å²) < 4.78 is 0. The first-order chi connectivity index (χ1) is 15.8. The number of rotatable bonds is 6. The molecule has 5 rings (SSSR count). The highest BCUT2D eigenvalue weighted by Crippen LogP contribution is 2.37. The zero-order valence-corrected chi connectivity index (χ0v) is 19.2. The first-order valence-corrected chi connectivity index (χ1v) is 12.5. The van der Waals surface area contributed by atoms with Gasteiger partial charge in [0.05, 0.1) is 11.4 Å². The van der Waals surface area contributed by atoms with E-state index in [0.717, 1.165) is 44.1 Å². The molecule has 2 N–H and O–H groups in total. The van der Waals surface area contributed by atoms with Crippen molar-refractivity contribution in [2.45, 2.75) is 11.9 Å². The lowest BCUT2D eigenvalue weighted by Crippen LogP contribution is -2.46. The van der Waals surface area contributed by atoms with Gasteiger partial charge < -0.3 is 15.5 Å². The number of aromatic nitrogens is 1. The molecule has 2 aromatic heterocycles. The van der Waals surface area contributed by atoms with Crippen LogP contribution in [0, 0.1) is 0 Å². The SMILES string of the molecule is O=C(Nc1ccccc1N1CCN(Cc2ccncc2)CC1)C1=CSC(c2cccs2)N1. The number of carbonyl (C=O) groups excluding carboxylic acids is 1. The van der Waals surface area contributed by atoms with Gasteiger partial charge in [-0.3, -0.25) is 14.7 Å². The predicted molar refractivity (Wildman–Crippen MR) is 133 cm³/mol. The van der Waals surface area contributed by atoms with E-state index in [9.17, 15) is 4.79 Å². The summed E-state index contributed by atoms with van der Waals surface area (Å²) in [5.41, 5.74) is 3.83. The first kappa shape index (κ1) is 21.1. The summed E-state index contributed by atoms with van der Waals surface area (Å²) in [7, 11) is 0. The van der Waals surface area contributed by atoms with Gasteiger partial charge in [-0.2, -0.15) is 0 Å². The summed E-state index contributed by atoms with van der Waals surface area (Å²) in [6.07, 6.45) is 3.70. The number of piperazine rings is 1. The maximum atomic E-state index is 12.9. The van der Waals surface area contributed by atoms with Crippen LogP contribution in [-0.2, 0) is 11.3 Å². The van der Waals surface area contributed by atoms with Crippen LogP contribution in [0.25, 0.3) is 0 Å². The highest BCUT2D eigenvalue weighted by molar-refractivity contribution is 8.02. The number of hydrogen-bond acceptors (Lipinski definition) is 7. The molecule has 3 aromatic rings. The van der Waals surface area contributed by atoms with Crippen LogP contribution in [0.3, 0.4) is 0 Å². The summed E-state index contributed by atoms with van der Waals surface area (Å²) in [5, 5.41) is 10.5. The lowest BCUT2D eigenvalue weighted by Gasteiger charge is -2.37. The standard InChI is InChI=1S/C24H25N5OS2/c30-23(20-17-32-24(27-20)22-6-3-15-31-22)26-19-4-1-2-5-21(19)29-13-11-28(12-14-29)16-18-7-9-25-10-8-18/h1-10,15,17,24,27H,11-14,16H2,(H,26,30). The Morgan fingerprint density at radius 3 is 2.66 bits per heavy atom. The van der Waals surface area contributed by atoms with Gasteiger partial charge in [-0.15, -0.1) is 23.1 Å². The third kappa shape index (κ3) is 4.82. The zero-order chi connectivity index (χ0) is 21.8. The monoisotopic (exact) mass is 463 g/mol. The second-order valence-electron chi connectivity index (χ2n) is 7.80. The van der Waals surface area contributed by atoms with Gasteiger partial charge in [0.1, 0.15) is 11.1 Å². The minimum absolute atomic E-state index is 0.0969. The largest absolute Gasteiger partial charge is 0.367 e. The molecular weight excluding hydrogens is 438 g/mol. The minimum atomic E-state index is -0.0969. The lowest BCUT2D eigenvalue weighted by atomic mass is 10.2. The Morgan fingerprint density at radius 1 is 1.06 bits per heavy atom. The van der Waals surface area contributed by atoms with Gasteiger partial charge in [0, 0.05) is 55.4 Å². The third-order valence-corrected chi connectivity index (χ3v) is 7.78. The van der Waals surface area contributed by atoms with E-state index in [-0.39, 0.29) is 11.3 Å². The molecular formula is C24H25N5OS2. The highest BCUT2D eigenvalue weighted by atomic mass is 32.2. The van der Waals surface area contributed by atoms with Crippen molar-refractivity contribution in [2.75, 3.05) is 36.4 Å². The molecule has 1 amide bonds. The Balaban J connectivity index is 1.20. The maximum Gasteiger partial charge on any atom is 0.272 e. The quantitative estimate of drug-likeness (QED) is 0.569. The Bertz CT molecular complexity index is 1080. The zero-order valence-electron chi connectivity index (χ0n) is 17.6. The Morgan fingerprint density at radius 2 is 1.88 bits per heavy atom. The number of thiophene rings is 1. The van der Waals surface area contributed by atoms with Gasteiger partial charge in [-0.25, -0.2) is 0 Å². The van der Waals surface area contributed by atoms with Crippen LogP contribution in [0.2, 0.25) is 0 Å². The number of carbonyl (C=O) groups is 1. The topological polar surface area (TPSA) is 60.5 Å². The molecule has 1 saturated heterocycles. The van der Waals surface area contributed by atoms with E-state index in [1.807, 2.05) is 42.1 Å². The Labute approximate surface area is 196 Å². The molecule has 0 aliphatic carbocycles. The van der Waals surface area contributed by atoms with Crippen LogP contribution in [0.15, 0.2) is 77.4 Å². The van der Waals surface area contributed by atoms with Gasteiger partial charge in [-0.05, 0) is 41.3 Å². The molecule has 0 saturated carbocycles. The molecule has 6 nitrogen and oxygen atoms in total. The normalized spacial score (nSPS) is 18.8. The summed E-state index contributed by atoms with van der Waals surface area (Å²) in [4.78, 5) is 23.1. The van der Waals surface area contributed by atoms with Crippen LogP contribution in [0.4, 0.5) is 11.4 Å². The van der Waals surface area contributed by atoms with Crippen molar-refractivity contribution in [3.05, 3.63) is 87.9 Å². The van der Waals surface area contributed by atoms with Crippen LogP contribution >= 0.6 is 23.1 Å². The molecule has 2 aliphatic rings. The molecule has 0 spiro atoms. The Hall–Kier alpha value is -2.81. The molecule has 1 unspecified atom stereocenters. The van der Waals surface area contributed by atoms with Gasteiger partial charge >= 0.3 is 0 Å². The fourth-order valence-corrected chi connectivity index (χ4v) is 5.82. The van der Waals surface area contributed by atoms with Crippen molar-refractivity contribution in [3.8, 4) is 0 Å². The van der Waals surface area contributed by atoms with E-state index < -0.39 is 0 Å². The van der Waals surface area contributed by atoms with E-state index in [1.165, 1.54) is 10.4 Å². The van der Waals surface area contributed by atoms with Crippen molar-refractivity contribution < 1.29 is 4.79 Å². The molecule has 8 heteroatoms. The second kappa shape index (κ2) is 9.77. The van der Waals surface area contributed by atoms with Crippen LogP contribution < -0.4 is 15.5 Å². The van der Waals surface area contributed by atoms with Crippen LogP contribution in [0.5, 0.6) is 0 Å². The Kier molecular flexibility index (Phi) is 6.43. The number of hydrogen-bond donors (Lipinski definition) is 2. The van der Waals surface area contributed by atoms with Gasteiger partial charge in [0.15, 0.2) is 0 Å². The van der Waals surface area contributed by atoms with Gasteiger partial charge in [0.2, 0.25) is 0 Å². The second-order valence-corrected chi connectivity index (χ2v) is 9.76. The van der Waals surface area contributed by atoms with Crippen molar-refractivity contribution in [3.63, 3.8) is 0 Å². The molecule has 1 fully saturated rings. The number of amides is 1. The predicted octanol–water partition coefficient (Wildman–Crippen LogP) is 4.28. The van der Waals surface area contributed by atoms with E-state index >= 15 is 0 Å². The fourth-order valence-electron chi connectivity index (χ4n) is 3.98. The molecule has 1 atom stereocenters. The van der Waals surface area contributed by atoms with Crippen molar-refractivity contribution in [1.29, 1.82) is 0 Å². The average Bonchev–Trinajstić information content (AvgIpc) is 3.53. The van der Waals surface area contributed by atoms with Crippen LogP contribution in [0.1, 0.15) is 15.8 Å². The fraction of sp³-hybridized carbons (Fsp3) is 0.250. The third-order valence-electron chi connectivity index (χ3n) is 5.68. The van der Waals surface area contributed by atoms with E-state index in [1.54, 1.807) is 23.1 Å². The molecule has 32 heavy (non-hydrogen) atoms.